The molecule has 1 amide bonds. The van der Waals surface area contributed by atoms with E-state index in [1.165, 1.54) is 0 Å². The number of amides is 1. The van der Waals surface area contributed by atoms with Gasteiger partial charge in [-0.2, -0.15) is 5.10 Å². The first-order valence-electron chi connectivity index (χ1n) is 8.41. The first-order valence-corrected chi connectivity index (χ1v) is 9.20. The molecule has 0 aliphatic carbocycles. The second-order valence-electron chi connectivity index (χ2n) is 5.82. The number of methoxy groups -OCH3 is 2. The minimum atomic E-state index is -0.174. The predicted octanol–water partition coefficient (Wildman–Crippen LogP) is 3.62. The maximum Gasteiger partial charge on any atom is 0.251 e. The second kappa shape index (κ2) is 8.73. The van der Waals surface area contributed by atoms with Crippen molar-refractivity contribution in [3.8, 4) is 17.2 Å². The van der Waals surface area contributed by atoms with Crippen LogP contribution in [-0.2, 0) is 6.42 Å². The molecular weight excluding hydrogens is 410 g/mol. The van der Waals surface area contributed by atoms with Gasteiger partial charge in [-0.05, 0) is 58.2 Å². The number of carbonyl (C=O) groups excluding carboxylic acids is 1. The normalized spacial score (nSPS) is 10.5. The Bertz CT molecular complexity index is 884. The number of rotatable bonds is 7. The fourth-order valence-electron chi connectivity index (χ4n) is 2.66. The smallest absolute Gasteiger partial charge is 0.251 e. The van der Waals surface area contributed by atoms with Gasteiger partial charge in [0.15, 0.2) is 0 Å². The van der Waals surface area contributed by atoms with E-state index in [1.54, 1.807) is 37.2 Å². The van der Waals surface area contributed by atoms with Gasteiger partial charge in [0.05, 0.1) is 19.9 Å². The molecule has 27 heavy (non-hydrogen) atoms. The molecule has 7 heteroatoms. The van der Waals surface area contributed by atoms with Gasteiger partial charge in [0.25, 0.3) is 5.91 Å². The molecule has 1 N–H and O–H groups in total. The van der Waals surface area contributed by atoms with Crippen LogP contribution in [0.3, 0.4) is 0 Å². The lowest BCUT2D eigenvalue weighted by Gasteiger charge is -2.12. The van der Waals surface area contributed by atoms with Crippen molar-refractivity contribution in [3.63, 3.8) is 0 Å². The second-order valence-corrected chi connectivity index (χ2v) is 6.61. The number of carbonyl (C=O) groups is 1. The minimum absolute atomic E-state index is 0.174. The minimum Gasteiger partial charge on any atom is -0.495 e. The molecule has 2 aromatic carbocycles. The molecule has 0 aliphatic rings. The van der Waals surface area contributed by atoms with Gasteiger partial charge in [0.2, 0.25) is 0 Å². The van der Waals surface area contributed by atoms with Crippen LogP contribution in [0.5, 0.6) is 11.5 Å². The lowest BCUT2D eigenvalue weighted by Crippen LogP contribution is -2.25. The number of halogens is 1. The molecule has 0 fully saturated rings. The average molecular weight is 430 g/mol. The van der Waals surface area contributed by atoms with Crippen LogP contribution < -0.4 is 14.8 Å². The zero-order valence-electron chi connectivity index (χ0n) is 15.1. The Hall–Kier alpha value is -2.80. The molecule has 0 atom stereocenters. The molecule has 0 aliphatic heterocycles. The predicted molar refractivity (Wildman–Crippen MR) is 107 cm³/mol. The summed E-state index contributed by atoms with van der Waals surface area (Å²) in [6.07, 6.45) is 4.38. The van der Waals surface area contributed by atoms with Crippen molar-refractivity contribution in [3.05, 3.63) is 70.5 Å². The molecule has 3 rings (SSSR count). The lowest BCUT2D eigenvalue weighted by molar-refractivity contribution is 0.0953. The Labute approximate surface area is 166 Å². The van der Waals surface area contributed by atoms with E-state index in [0.717, 1.165) is 17.7 Å². The molecule has 0 saturated carbocycles. The first-order chi connectivity index (χ1) is 13.1. The van der Waals surface area contributed by atoms with Crippen LogP contribution in [0, 0.1) is 0 Å². The summed E-state index contributed by atoms with van der Waals surface area (Å²) in [6.45, 7) is 0.528. The molecular formula is C20H20BrN3O3. The van der Waals surface area contributed by atoms with Crippen LogP contribution in [0.15, 0.2) is 59.3 Å². The van der Waals surface area contributed by atoms with Crippen molar-refractivity contribution >= 4 is 21.8 Å². The first kappa shape index (κ1) is 19.0. The van der Waals surface area contributed by atoms with Gasteiger partial charge in [0.1, 0.15) is 16.0 Å². The fraction of sp³-hybridized carbons (Fsp3) is 0.200. The van der Waals surface area contributed by atoms with E-state index in [1.807, 2.05) is 36.5 Å². The molecule has 0 bridgehead atoms. The quantitative estimate of drug-likeness (QED) is 0.622. The van der Waals surface area contributed by atoms with E-state index in [9.17, 15) is 4.79 Å². The number of nitrogens with one attached hydrogen (secondary N) is 1. The van der Waals surface area contributed by atoms with Crippen LogP contribution >= 0.6 is 15.9 Å². The summed E-state index contributed by atoms with van der Waals surface area (Å²) < 4.78 is 13.0. The SMILES string of the molecule is COc1cc(C(=O)NCCc2ccc(-n3cccn3)cc2)cc(OC)c1Br. The number of hydrogen-bond donors (Lipinski definition) is 1. The molecule has 1 aromatic heterocycles. The van der Waals surface area contributed by atoms with E-state index in [4.69, 9.17) is 9.47 Å². The van der Waals surface area contributed by atoms with E-state index >= 15 is 0 Å². The summed E-state index contributed by atoms with van der Waals surface area (Å²) in [5.74, 6) is 0.926. The number of benzene rings is 2. The van der Waals surface area contributed by atoms with Crippen LogP contribution in [0.2, 0.25) is 0 Å². The van der Waals surface area contributed by atoms with Crippen molar-refractivity contribution in [2.24, 2.45) is 0 Å². The van der Waals surface area contributed by atoms with Gasteiger partial charge < -0.3 is 14.8 Å². The largest absolute Gasteiger partial charge is 0.495 e. The maximum atomic E-state index is 12.4. The highest BCUT2D eigenvalue weighted by Crippen LogP contribution is 2.35. The van der Waals surface area contributed by atoms with Gasteiger partial charge in [-0.15, -0.1) is 0 Å². The molecule has 0 spiro atoms. The molecule has 0 unspecified atom stereocenters. The third-order valence-electron chi connectivity index (χ3n) is 4.11. The van der Waals surface area contributed by atoms with Crippen LogP contribution in [0.1, 0.15) is 15.9 Å². The Balaban J connectivity index is 1.59. The van der Waals surface area contributed by atoms with Crippen molar-refractivity contribution in [2.45, 2.75) is 6.42 Å². The average Bonchev–Trinajstić information content (AvgIpc) is 3.23. The highest BCUT2D eigenvalue weighted by molar-refractivity contribution is 9.10. The zero-order chi connectivity index (χ0) is 19.2. The lowest BCUT2D eigenvalue weighted by atomic mass is 10.1. The summed E-state index contributed by atoms with van der Waals surface area (Å²) in [4.78, 5) is 12.4. The van der Waals surface area contributed by atoms with Crippen molar-refractivity contribution < 1.29 is 14.3 Å². The van der Waals surface area contributed by atoms with E-state index in [-0.39, 0.29) is 5.91 Å². The van der Waals surface area contributed by atoms with Gasteiger partial charge in [-0.1, -0.05) is 12.1 Å². The molecule has 1 heterocycles. The van der Waals surface area contributed by atoms with Gasteiger partial charge in [0, 0.05) is 24.5 Å². The van der Waals surface area contributed by atoms with Gasteiger partial charge in [-0.3, -0.25) is 4.79 Å². The Kier molecular flexibility index (Phi) is 6.13. The third-order valence-corrected chi connectivity index (χ3v) is 4.89. The molecule has 6 nitrogen and oxygen atoms in total. The molecule has 3 aromatic rings. The monoisotopic (exact) mass is 429 g/mol. The molecule has 0 saturated heterocycles. The summed E-state index contributed by atoms with van der Waals surface area (Å²) in [5.41, 5.74) is 2.62. The Morgan fingerprint density at radius 3 is 2.37 bits per heavy atom. The zero-order valence-corrected chi connectivity index (χ0v) is 16.7. The molecule has 0 radical (unpaired) electrons. The van der Waals surface area contributed by atoms with Crippen molar-refractivity contribution in [2.75, 3.05) is 20.8 Å². The number of ether oxygens (including phenoxy) is 2. The van der Waals surface area contributed by atoms with E-state index in [0.29, 0.717) is 28.1 Å². The van der Waals surface area contributed by atoms with E-state index < -0.39 is 0 Å². The summed E-state index contributed by atoms with van der Waals surface area (Å²) in [7, 11) is 3.10. The van der Waals surface area contributed by atoms with Crippen LogP contribution in [0.25, 0.3) is 5.69 Å². The molecule has 140 valence electrons. The summed E-state index contributed by atoms with van der Waals surface area (Å²) in [6, 6.07) is 13.3. The van der Waals surface area contributed by atoms with Crippen LogP contribution in [-0.4, -0.2) is 36.5 Å². The third kappa shape index (κ3) is 4.49. The highest BCUT2D eigenvalue weighted by atomic mass is 79.9. The standard InChI is InChI=1S/C20H20BrN3O3/c1-26-17-12-15(13-18(27-2)19(17)21)20(25)22-10-8-14-4-6-16(7-5-14)24-11-3-9-23-24/h3-7,9,11-13H,8,10H2,1-2H3,(H,22,25). The topological polar surface area (TPSA) is 65.4 Å². The van der Waals surface area contributed by atoms with Gasteiger partial charge >= 0.3 is 0 Å². The van der Waals surface area contributed by atoms with Crippen molar-refractivity contribution in [1.82, 2.24) is 15.1 Å². The Morgan fingerprint density at radius 1 is 1.15 bits per heavy atom. The number of aromatic nitrogens is 2. The summed E-state index contributed by atoms with van der Waals surface area (Å²) in [5, 5.41) is 7.13. The maximum absolute atomic E-state index is 12.4. The number of nitrogens with zero attached hydrogens (tertiary/aromatic N) is 2. The number of hydrogen-bond acceptors (Lipinski definition) is 4. The Morgan fingerprint density at radius 2 is 1.81 bits per heavy atom. The van der Waals surface area contributed by atoms with E-state index in [2.05, 4.69) is 26.3 Å². The summed E-state index contributed by atoms with van der Waals surface area (Å²) >= 11 is 3.40. The van der Waals surface area contributed by atoms with Gasteiger partial charge in [-0.25, -0.2) is 4.68 Å². The fourth-order valence-corrected chi connectivity index (χ4v) is 3.21. The van der Waals surface area contributed by atoms with Crippen LogP contribution in [0.4, 0.5) is 0 Å². The highest BCUT2D eigenvalue weighted by Gasteiger charge is 2.14. The van der Waals surface area contributed by atoms with Crippen molar-refractivity contribution in [1.29, 1.82) is 0 Å².